The van der Waals surface area contributed by atoms with E-state index in [1.807, 2.05) is 0 Å². The first-order chi connectivity index (χ1) is 10.0. The van der Waals surface area contributed by atoms with Crippen molar-refractivity contribution in [2.45, 2.75) is 17.7 Å². The lowest BCUT2D eigenvalue weighted by Gasteiger charge is -2.30. The zero-order chi connectivity index (χ0) is 15.5. The van der Waals surface area contributed by atoms with Crippen LogP contribution < -0.4 is 15.2 Å². The highest BCUT2D eigenvalue weighted by Crippen LogP contribution is 2.32. The van der Waals surface area contributed by atoms with Crippen molar-refractivity contribution in [2.24, 2.45) is 11.7 Å². The average Bonchev–Trinajstić information content (AvgIpc) is 2.54. The van der Waals surface area contributed by atoms with E-state index in [4.69, 9.17) is 15.2 Å². The highest BCUT2D eigenvalue weighted by molar-refractivity contribution is 7.89. The van der Waals surface area contributed by atoms with E-state index < -0.39 is 10.0 Å². The highest BCUT2D eigenvalue weighted by Gasteiger charge is 2.31. The summed E-state index contributed by atoms with van der Waals surface area (Å²) < 4.78 is 37.3. The van der Waals surface area contributed by atoms with Crippen molar-refractivity contribution in [1.82, 2.24) is 4.31 Å². The van der Waals surface area contributed by atoms with E-state index in [0.717, 1.165) is 12.8 Å². The van der Waals surface area contributed by atoms with Crippen LogP contribution in [-0.4, -0.2) is 46.6 Å². The van der Waals surface area contributed by atoms with Gasteiger partial charge in [0.2, 0.25) is 10.0 Å². The van der Waals surface area contributed by atoms with Crippen LogP contribution in [-0.2, 0) is 10.0 Å². The van der Waals surface area contributed by atoms with Crippen molar-refractivity contribution in [1.29, 1.82) is 0 Å². The molecular formula is C14H22N2O4S. The lowest BCUT2D eigenvalue weighted by molar-refractivity contribution is 0.277. The van der Waals surface area contributed by atoms with Crippen molar-refractivity contribution < 1.29 is 17.9 Å². The van der Waals surface area contributed by atoms with Crippen LogP contribution in [0.2, 0.25) is 0 Å². The van der Waals surface area contributed by atoms with E-state index in [2.05, 4.69) is 0 Å². The summed E-state index contributed by atoms with van der Waals surface area (Å²) in [4.78, 5) is 0.178. The molecule has 1 aliphatic rings. The van der Waals surface area contributed by atoms with E-state index in [9.17, 15) is 8.42 Å². The number of rotatable bonds is 5. The van der Waals surface area contributed by atoms with Crippen LogP contribution in [0, 0.1) is 5.92 Å². The fraction of sp³-hybridized carbons (Fsp3) is 0.571. The van der Waals surface area contributed by atoms with E-state index in [0.29, 0.717) is 37.1 Å². The van der Waals surface area contributed by atoms with E-state index in [-0.39, 0.29) is 4.90 Å². The van der Waals surface area contributed by atoms with E-state index in [1.54, 1.807) is 12.1 Å². The SMILES string of the molecule is COc1ccc(S(=O)(=O)N2CCC(CN)CC2)c(OC)c1. The summed E-state index contributed by atoms with van der Waals surface area (Å²) in [6.07, 6.45) is 1.60. The van der Waals surface area contributed by atoms with Crippen molar-refractivity contribution >= 4 is 10.0 Å². The maximum absolute atomic E-state index is 12.7. The molecular weight excluding hydrogens is 292 g/mol. The summed E-state index contributed by atoms with van der Waals surface area (Å²) >= 11 is 0. The normalized spacial score (nSPS) is 17.7. The Labute approximate surface area is 125 Å². The number of ether oxygens (including phenoxy) is 2. The van der Waals surface area contributed by atoms with Crippen LogP contribution >= 0.6 is 0 Å². The molecule has 2 rings (SSSR count). The smallest absolute Gasteiger partial charge is 0.246 e. The predicted molar refractivity (Wildman–Crippen MR) is 80.1 cm³/mol. The zero-order valence-electron chi connectivity index (χ0n) is 12.4. The van der Waals surface area contributed by atoms with Gasteiger partial charge < -0.3 is 15.2 Å². The van der Waals surface area contributed by atoms with Gasteiger partial charge in [-0.2, -0.15) is 4.31 Å². The van der Waals surface area contributed by atoms with E-state index >= 15 is 0 Å². The maximum Gasteiger partial charge on any atom is 0.246 e. The predicted octanol–water partition coefficient (Wildman–Crippen LogP) is 1.06. The minimum atomic E-state index is -3.55. The van der Waals surface area contributed by atoms with Crippen molar-refractivity contribution in [2.75, 3.05) is 33.9 Å². The zero-order valence-corrected chi connectivity index (χ0v) is 13.2. The van der Waals surface area contributed by atoms with Gasteiger partial charge in [-0.05, 0) is 37.4 Å². The number of nitrogens with two attached hydrogens (primary N) is 1. The van der Waals surface area contributed by atoms with Gasteiger partial charge in [0.05, 0.1) is 14.2 Å². The molecule has 118 valence electrons. The molecule has 0 atom stereocenters. The molecule has 0 spiro atoms. The van der Waals surface area contributed by atoms with Gasteiger partial charge in [0.15, 0.2) is 0 Å². The first-order valence-corrected chi connectivity index (χ1v) is 8.39. The quantitative estimate of drug-likeness (QED) is 0.879. The Morgan fingerprint density at radius 1 is 1.24 bits per heavy atom. The van der Waals surface area contributed by atoms with Crippen LogP contribution in [0.25, 0.3) is 0 Å². The molecule has 0 amide bonds. The highest BCUT2D eigenvalue weighted by atomic mass is 32.2. The van der Waals surface area contributed by atoms with Crippen LogP contribution in [0.1, 0.15) is 12.8 Å². The largest absolute Gasteiger partial charge is 0.497 e. The Balaban J connectivity index is 2.27. The third-order valence-corrected chi connectivity index (χ3v) is 5.83. The lowest BCUT2D eigenvalue weighted by atomic mass is 9.99. The first kappa shape index (κ1) is 16.1. The number of sulfonamides is 1. The molecule has 1 fully saturated rings. The molecule has 1 aliphatic heterocycles. The molecule has 21 heavy (non-hydrogen) atoms. The summed E-state index contributed by atoms with van der Waals surface area (Å²) in [5, 5.41) is 0. The van der Waals surface area contributed by atoms with Gasteiger partial charge in [-0.15, -0.1) is 0 Å². The number of nitrogens with zero attached hydrogens (tertiary/aromatic N) is 1. The van der Waals surface area contributed by atoms with Crippen molar-refractivity contribution in [3.63, 3.8) is 0 Å². The molecule has 0 unspecified atom stereocenters. The van der Waals surface area contributed by atoms with Gasteiger partial charge in [0, 0.05) is 19.2 Å². The molecule has 6 nitrogen and oxygen atoms in total. The fourth-order valence-electron chi connectivity index (χ4n) is 2.51. The molecule has 0 radical (unpaired) electrons. The van der Waals surface area contributed by atoms with Crippen LogP contribution in [0.4, 0.5) is 0 Å². The van der Waals surface area contributed by atoms with Gasteiger partial charge in [-0.3, -0.25) is 0 Å². The van der Waals surface area contributed by atoms with Crippen LogP contribution in [0.5, 0.6) is 11.5 Å². The summed E-state index contributed by atoms with van der Waals surface area (Å²) in [5.41, 5.74) is 5.64. The second-order valence-electron chi connectivity index (χ2n) is 5.10. The molecule has 7 heteroatoms. The second kappa shape index (κ2) is 6.64. The summed E-state index contributed by atoms with van der Waals surface area (Å²) in [5.74, 6) is 1.28. The molecule has 1 heterocycles. The third-order valence-electron chi connectivity index (χ3n) is 3.90. The molecule has 1 aromatic rings. The van der Waals surface area contributed by atoms with Gasteiger partial charge in [-0.1, -0.05) is 0 Å². The van der Waals surface area contributed by atoms with Gasteiger partial charge >= 0.3 is 0 Å². The molecule has 0 saturated carbocycles. The Kier molecular flexibility index (Phi) is 5.08. The Bertz CT molecular complexity index is 581. The van der Waals surface area contributed by atoms with Gasteiger partial charge in [0.25, 0.3) is 0 Å². The number of benzene rings is 1. The topological polar surface area (TPSA) is 81.9 Å². The monoisotopic (exact) mass is 314 g/mol. The van der Waals surface area contributed by atoms with Crippen LogP contribution in [0.15, 0.2) is 23.1 Å². The molecule has 1 saturated heterocycles. The van der Waals surface area contributed by atoms with Crippen molar-refractivity contribution in [3.8, 4) is 11.5 Å². The Morgan fingerprint density at radius 2 is 1.90 bits per heavy atom. The maximum atomic E-state index is 12.7. The number of hydrogen-bond donors (Lipinski definition) is 1. The van der Waals surface area contributed by atoms with Gasteiger partial charge in [-0.25, -0.2) is 8.42 Å². The molecule has 1 aromatic carbocycles. The molecule has 0 bridgehead atoms. The average molecular weight is 314 g/mol. The second-order valence-corrected chi connectivity index (χ2v) is 7.01. The number of piperidine rings is 1. The minimum Gasteiger partial charge on any atom is -0.497 e. The number of hydrogen-bond acceptors (Lipinski definition) is 5. The summed E-state index contributed by atoms with van der Waals surface area (Å²) in [6, 6.07) is 4.74. The first-order valence-electron chi connectivity index (χ1n) is 6.95. The third kappa shape index (κ3) is 3.30. The Morgan fingerprint density at radius 3 is 2.43 bits per heavy atom. The lowest BCUT2D eigenvalue weighted by Crippen LogP contribution is -2.40. The Hall–Kier alpha value is -1.31. The number of methoxy groups -OCH3 is 2. The van der Waals surface area contributed by atoms with Crippen molar-refractivity contribution in [3.05, 3.63) is 18.2 Å². The summed E-state index contributed by atoms with van der Waals surface area (Å²) in [7, 11) is -0.568. The molecule has 0 aromatic heterocycles. The van der Waals surface area contributed by atoms with Gasteiger partial charge in [0.1, 0.15) is 16.4 Å². The van der Waals surface area contributed by atoms with Crippen LogP contribution in [0.3, 0.4) is 0 Å². The van der Waals surface area contributed by atoms with E-state index in [1.165, 1.54) is 24.6 Å². The minimum absolute atomic E-state index is 0.178. The standard InChI is InChI=1S/C14H22N2O4S/c1-19-12-3-4-14(13(9-12)20-2)21(17,18)16-7-5-11(10-15)6-8-16/h3-4,9,11H,5-8,10,15H2,1-2H3. The fourth-order valence-corrected chi connectivity index (χ4v) is 4.12. The molecule has 0 aliphatic carbocycles. The summed E-state index contributed by atoms with van der Waals surface area (Å²) in [6.45, 7) is 1.61. The molecule has 2 N–H and O–H groups in total.